The lowest BCUT2D eigenvalue weighted by Gasteiger charge is -2.31. The van der Waals surface area contributed by atoms with Crippen molar-refractivity contribution in [2.24, 2.45) is 0 Å². The average molecular weight is 285 g/mol. The molecule has 0 aliphatic carbocycles. The zero-order valence-electron chi connectivity index (χ0n) is 11.4. The Balaban J connectivity index is 0.00000180. The summed E-state index contributed by atoms with van der Waals surface area (Å²) < 4.78 is 5.53. The molecule has 5 heteroatoms. The number of amides is 1. The van der Waals surface area contributed by atoms with E-state index in [1.807, 2.05) is 36.1 Å². The molecule has 2 rings (SSSR count). The van der Waals surface area contributed by atoms with Crippen molar-refractivity contribution in [2.75, 3.05) is 26.2 Å². The molecule has 0 saturated carbocycles. The number of ether oxygens (including phenoxy) is 1. The fraction of sp³-hybridized carbons (Fsp3) is 0.500. The summed E-state index contributed by atoms with van der Waals surface area (Å²) >= 11 is 0. The molecule has 0 radical (unpaired) electrons. The summed E-state index contributed by atoms with van der Waals surface area (Å²) in [7, 11) is 0. The van der Waals surface area contributed by atoms with Gasteiger partial charge in [-0.1, -0.05) is 12.1 Å². The third-order valence-corrected chi connectivity index (χ3v) is 3.07. The summed E-state index contributed by atoms with van der Waals surface area (Å²) in [5.41, 5.74) is 1.13. The van der Waals surface area contributed by atoms with Gasteiger partial charge >= 0.3 is 0 Å². The summed E-state index contributed by atoms with van der Waals surface area (Å²) in [5, 5.41) is 3.31. The standard InChI is InChI=1S/C14H20N2O2.ClH/c1-11-4-3-5-13(8-11)18-10-14(17)16-7-6-15-12(2)9-16;/h3-5,8,12,15H,6-7,9-10H2,1-2H3;1H. The minimum Gasteiger partial charge on any atom is -0.484 e. The van der Waals surface area contributed by atoms with Crippen LogP contribution in [0.3, 0.4) is 0 Å². The van der Waals surface area contributed by atoms with Gasteiger partial charge in [0.25, 0.3) is 5.91 Å². The van der Waals surface area contributed by atoms with Gasteiger partial charge in [0.2, 0.25) is 0 Å². The molecule has 1 atom stereocenters. The van der Waals surface area contributed by atoms with Crippen LogP contribution in [0.2, 0.25) is 0 Å². The third kappa shape index (κ3) is 4.73. The Hall–Kier alpha value is -1.26. The average Bonchev–Trinajstić information content (AvgIpc) is 2.36. The van der Waals surface area contributed by atoms with Crippen LogP contribution in [0.1, 0.15) is 12.5 Å². The van der Waals surface area contributed by atoms with E-state index in [1.165, 1.54) is 0 Å². The van der Waals surface area contributed by atoms with E-state index in [0.29, 0.717) is 6.04 Å². The summed E-state index contributed by atoms with van der Waals surface area (Å²) in [6, 6.07) is 8.12. The van der Waals surface area contributed by atoms with E-state index in [9.17, 15) is 4.79 Å². The molecule has 19 heavy (non-hydrogen) atoms. The molecule has 1 heterocycles. The molecule has 0 bridgehead atoms. The van der Waals surface area contributed by atoms with Gasteiger partial charge in [0.15, 0.2) is 6.61 Å². The van der Waals surface area contributed by atoms with E-state index in [2.05, 4.69) is 12.2 Å². The second-order valence-electron chi connectivity index (χ2n) is 4.80. The zero-order chi connectivity index (χ0) is 13.0. The largest absolute Gasteiger partial charge is 0.484 e. The normalized spacial score (nSPS) is 18.6. The Morgan fingerprint density at radius 2 is 2.32 bits per heavy atom. The Morgan fingerprint density at radius 3 is 3.00 bits per heavy atom. The Kier molecular flexibility index (Phi) is 6.12. The van der Waals surface area contributed by atoms with E-state index in [1.54, 1.807) is 0 Å². The maximum Gasteiger partial charge on any atom is 0.260 e. The van der Waals surface area contributed by atoms with Gasteiger partial charge in [-0.2, -0.15) is 0 Å². The molecule has 4 nitrogen and oxygen atoms in total. The van der Waals surface area contributed by atoms with E-state index in [4.69, 9.17) is 4.74 Å². The SMILES string of the molecule is Cc1cccc(OCC(=O)N2CCNC(C)C2)c1.Cl. The van der Waals surface area contributed by atoms with E-state index < -0.39 is 0 Å². The molecule has 1 saturated heterocycles. The van der Waals surface area contributed by atoms with Crippen molar-refractivity contribution in [2.45, 2.75) is 19.9 Å². The lowest BCUT2D eigenvalue weighted by atomic mass is 10.2. The molecule has 0 spiro atoms. The highest BCUT2D eigenvalue weighted by Crippen LogP contribution is 2.12. The predicted octanol–water partition coefficient (Wildman–Crippen LogP) is 1.62. The lowest BCUT2D eigenvalue weighted by Crippen LogP contribution is -2.52. The quantitative estimate of drug-likeness (QED) is 0.917. The molecule has 0 aromatic heterocycles. The number of aryl methyl sites for hydroxylation is 1. The van der Waals surface area contributed by atoms with Crippen LogP contribution in [0, 0.1) is 6.92 Å². The van der Waals surface area contributed by atoms with Gasteiger partial charge in [-0.25, -0.2) is 0 Å². The number of hydrogen-bond acceptors (Lipinski definition) is 3. The molecule has 1 amide bonds. The van der Waals surface area contributed by atoms with Gasteiger partial charge < -0.3 is 15.0 Å². The monoisotopic (exact) mass is 284 g/mol. The van der Waals surface area contributed by atoms with Crippen molar-refractivity contribution in [1.29, 1.82) is 0 Å². The zero-order valence-corrected chi connectivity index (χ0v) is 12.2. The van der Waals surface area contributed by atoms with Gasteiger partial charge in [-0.05, 0) is 31.5 Å². The molecule has 1 aliphatic rings. The van der Waals surface area contributed by atoms with Gasteiger partial charge in [-0.15, -0.1) is 12.4 Å². The number of nitrogens with zero attached hydrogens (tertiary/aromatic N) is 1. The van der Waals surface area contributed by atoms with E-state index in [-0.39, 0.29) is 24.9 Å². The fourth-order valence-electron chi connectivity index (χ4n) is 2.10. The molecule has 1 unspecified atom stereocenters. The van der Waals surface area contributed by atoms with Crippen molar-refractivity contribution >= 4 is 18.3 Å². The number of rotatable bonds is 3. The number of hydrogen-bond donors (Lipinski definition) is 1. The molecule has 1 fully saturated rings. The van der Waals surface area contributed by atoms with Crippen molar-refractivity contribution in [3.8, 4) is 5.75 Å². The number of carbonyl (C=O) groups excluding carboxylic acids is 1. The second kappa shape index (κ2) is 7.36. The molecule has 1 aliphatic heterocycles. The van der Waals surface area contributed by atoms with Crippen LogP contribution < -0.4 is 10.1 Å². The van der Waals surface area contributed by atoms with Crippen molar-refractivity contribution in [3.63, 3.8) is 0 Å². The van der Waals surface area contributed by atoms with Crippen LogP contribution in [0.5, 0.6) is 5.75 Å². The summed E-state index contributed by atoms with van der Waals surface area (Å²) in [6.45, 7) is 6.59. The number of piperazine rings is 1. The third-order valence-electron chi connectivity index (χ3n) is 3.07. The van der Waals surface area contributed by atoms with Crippen molar-refractivity contribution in [1.82, 2.24) is 10.2 Å². The highest BCUT2D eigenvalue weighted by molar-refractivity contribution is 5.85. The van der Waals surface area contributed by atoms with Crippen molar-refractivity contribution in [3.05, 3.63) is 29.8 Å². The highest BCUT2D eigenvalue weighted by Gasteiger charge is 2.20. The smallest absolute Gasteiger partial charge is 0.260 e. The van der Waals surface area contributed by atoms with E-state index in [0.717, 1.165) is 30.9 Å². The first-order valence-electron chi connectivity index (χ1n) is 6.36. The van der Waals surface area contributed by atoms with Crippen LogP contribution in [-0.4, -0.2) is 43.1 Å². The van der Waals surface area contributed by atoms with Crippen LogP contribution in [-0.2, 0) is 4.79 Å². The first-order chi connectivity index (χ1) is 8.65. The fourth-order valence-corrected chi connectivity index (χ4v) is 2.10. The first kappa shape index (κ1) is 15.8. The molecule has 106 valence electrons. The summed E-state index contributed by atoms with van der Waals surface area (Å²) in [6.07, 6.45) is 0. The molecule has 1 aromatic carbocycles. The predicted molar refractivity (Wildman–Crippen MR) is 78.0 cm³/mol. The second-order valence-corrected chi connectivity index (χ2v) is 4.80. The summed E-state index contributed by atoms with van der Waals surface area (Å²) in [5.74, 6) is 0.816. The van der Waals surface area contributed by atoms with E-state index >= 15 is 0 Å². The van der Waals surface area contributed by atoms with Gasteiger partial charge in [0, 0.05) is 25.7 Å². The minimum absolute atomic E-state index is 0. The number of carbonyl (C=O) groups is 1. The van der Waals surface area contributed by atoms with Gasteiger partial charge in [0.05, 0.1) is 0 Å². The molecule has 1 N–H and O–H groups in total. The van der Waals surface area contributed by atoms with Gasteiger partial charge in [0.1, 0.15) is 5.75 Å². The Morgan fingerprint density at radius 1 is 1.53 bits per heavy atom. The maximum atomic E-state index is 12.0. The Bertz CT molecular complexity index is 426. The molecule has 1 aromatic rings. The topological polar surface area (TPSA) is 41.6 Å². The van der Waals surface area contributed by atoms with Crippen molar-refractivity contribution < 1.29 is 9.53 Å². The Labute approximate surface area is 120 Å². The molecular weight excluding hydrogens is 264 g/mol. The highest BCUT2D eigenvalue weighted by atomic mass is 35.5. The van der Waals surface area contributed by atoms with Crippen LogP contribution >= 0.6 is 12.4 Å². The number of nitrogens with one attached hydrogen (secondary N) is 1. The molecular formula is C14H21ClN2O2. The number of benzene rings is 1. The maximum absolute atomic E-state index is 12.0. The minimum atomic E-state index is 0. The van der Waals surface area contributed by atoms with Gasteiger partial charge in [-0.3, -0.25) is 4.79 Å². The number of halogens is 1. The van der Waals surface area contributed by atoms with Crippen LogP contribution in [0.15, 0.2) is 24.3 Å². The van der Waals surface area contributed by atoms with Crippen LogP contribution in [0.4, 0.5) is 0 Å². The van der Waals surface area contributed by atoms with Crippen LogP contribution in [0.25, 0.3) is 0 Å². The first-order valence-corrected chi connectivity index (χ1v) is 6.36. The lowest BCUT2D eigenvalue weighted by molar-refractivity contribution is -0.134. The summed E-state index contributed by atoms with van der Waals surface area (Å²) in [4.78, 5) is 13.8.